The highest BCUT2D eigenvalue weighted by Gasteiger charge is 2.21. The first-order valence-corrected chi connectivity index (χ1v) is 3.36. The van der Waals surface area contributed by atoms with Crippen LogP contribution in [0.25, 0.3) is 0 Å². The Labute approximate surface area is 68.1 Å². The maximum atomic E-state index is 9.22. The van der Waals surface area contributed by atoms with Crippen molar-refractivity contribution in [3.05, 3.63) is 11.9 Å². The van der Waals surface area contributed by atoms with Crippen molar-refractivity contribution >= 4 is 0 Å². The molecule has 1 aromatic heterocycles. The van der Waals surface area contributed by atoms with Gasteiger partial charge in [-0.05, 0) is 0 Å². The number of hydrogen-bond donors (Lipinski definition) is 5. The van der Waals surface area contributed by atoms with Gasteiger partial charge in [-0.2, -0.15) is 5.10 Å². The summed E-state index contributed by atoms with van der Waals surface area (Å²) in [6.07, 6.45) is -1.57. The fourth-order valence-corrected chi connectivity index (χ4v) is 0.800. The summed E-state index contributed by atoms with van der Waals surface area (Å²) in [4.78, 5) is 0. The van der Waals surface area contributed by atoms with Gasteiger partial charge in [-0.3, -0.25) is 5.10 Å². The van der Waals surface area contributed by atoms with Crippen molar-refractivity contribution in [2.45, 2.75) is 12.2 Å². The van der Waals surface area contributed by atoms with Gasteiger partial charge >= 0.3 is 0 Å². The molecule has 1 aromatic rings. The largest absolute Gasteiger partial charge is 0.504 e. The van der Waals surface area contributed by atoms with Crippen molar-refractivity contribution in [3.8, 4) is 5.75 Å². The molecule has 0 aromatic carbocycles. The molecule has 0 spiro atoms. The van der Waals surface area contributed by atoms with Gasteiger partial charge in [-0.15, -0.1) is 0 Å². The van der Waals surface area contributed by atoms with E-state index in [2.05, 4.69) is 10.2 Å². The molecule has 12 heavy (non-hydrogen) atoms. The van der Waals surface area contributed by atoms with Gasteiger partial charge in [0.05, 0.1) is 12.8 Å². The number of nitrogens with zero attached hydrogens (tertiary/aromatic N) is 1. The van der Waals surface area contributed by atoms with E-state index in [9.17, 15) is 5.11 Å². The SMILES string of the molecule is OCC(O)C(O)c1[nH]ncc1O. The smallest absolute Gasteiger partial charge is 0.159 e. The highest BCUT2D eigenvalue weighted by molar-refractivity contribution is 5.24. The Hall–Kier alpha value is -1.11. The normalized spacial score (nSPS) is 15.9. The molecule has 68 valence electrons. The molecule has 2 atom stereocenters. The average Bonchev–Trinajstić information content (AvgIpc) is 2.48. The Morgan fingerprint density at radius 2 is 2.17 bits per heavy atom. The van der Waals surface area contributed by atoms with Crippen molar-refractivity contribution in [2.24, 2.45) is 0 Å². The number of H-pyrrole nitrogens is 1. The number of aliphatic hydroxyl groups is 3. The zero-order chi connectivity index (χ0) is 9.14. The zero-order valence-corrected chi connectivity index (χ0v) is 6.18. The topological polar surface area (TPSA) is 110 Å². The molecule has 0 amide bonds. The Kier molecular flexibility index (Phi) is 2.64. The summed E-state index contributed by atoms with van der Waals surface area (Å²) in [5, 5.41) is 41.4. The summed E-state index contributed by atoms with van der Waals surface area (Å²) in [5.74, 6) is -0.241. The summed E-state index contributed by atoms with van der Waals surface area (Å²) >= 11 is 0. The van der Waals surface area contributed by atoms with Crippen LogP contribution < -0.4 is 0 Å². The Morgan fingerprint density at radius 1 is 1.50 bits per heavy atom. The Balaban J connectivity index is 2.77. The number of aromatic nitrogens is 2. The van der Waals surface area contributed by atoms with E-state index in [1.54, 1.807) is 0 Å². The van der Waals surface area contributed by atoms with Crippen molar-refractivity contribution in [2.75, 3.05) is 6.61 Å². The molecule has 0 saturated carbocycles. The fourth-order valence-electron chi connectivity index (χ4n) is 0.800. The molecule has 0 radical (unpaired) electrons. The van der Waals surface area contributed by atoms with Gasteiger partial charge < -0.3 is 20.4 Å². The second-order valence-corrected chi connectivity index (χ2v) is 2.36. The molecule has 2 unspecified atom stereocenters. The van der Waals surface area contributed by atoms with Gasteiger partial charge in [0.25, 0.3) is 0 Å². The van der Waals surface area contributed by atoms with Crippen molar-refractivity contribution in [3.63, 3.8) is 0 Å². The minimum absolute atomic E-state index is 0.00319. The lowest BCUT2D eigenvalue weighted by Crippen LogP contribution is -2.22. The molecular weight excluding hydrogens is 164 g/mol. The molecule has 0 aliphatic carbocycles. The van der Waals surface area contributed by atoms with Gasteiger partial charge in [-0.1, -0.05) is 0 Å². The molecule has 1 heterocycles. The first-order chi connectivity index (χ1) is 5.66. The van der Waals surface area contributed by atoms with Crippen LogP contribution in [-0.4, -0.2) is 43.3 Å². The van der Waals surface area contributed by atoms with E-state index in [1.165, 1.54) is 0 Å². The monoisotopic (exact) mass is 174 g/mol. The third kappa shape index (κ3) is 1.55. The maximum Gasteiger partial charge on any atom is 0.159 e. The lowest BCUT2D eigenvalue weighted by Gasteiger charge is -2.13. The Bertz CT molecular complexity index is 249. The number of hydrogen-bond acceptors (Lipinski definition) is 5. The van der Waals surface area contributed by atoms with Crippen LogP contribution in [0.3, 0.4) is 0 Å². The molecule has 0 aliphatic heterocycles. The lowest BCUT2D eigenvalue weighted by atomic mass is 10.1. The average molecular weight is 174 g/mol. The van der Waals surface area contributed by atoms with E-state index in [-0.39, 0.29) is 11.4 Å². The summed E-state index contributed by atoms with van der Waals surface area (Å²) in [7, 11) is 0. The predicted octanol–water partition coefficient (Wildman–Crippen LogP) is -1.50. The lowest BCUT2D eigenvalue weighted by molar-refractivity contribution is -0.0182. The van der Waals surface area contributed by atoms with Gasteiger partial charge in [0.15, 0.2) is 5.75 Å². The molecule has 0 saturated heterocycles. The van der Waals surface area contributed by atoms with Crippen LogP contribution in [0.5, 0.6) is 5.75 Å². The van der Waals surface area contributed by atoms with Gasteiger partial charge in [0.1, 0.15) is 17.9 Å². The molecule has 6 heteroatoms. The van der Waals surface area contributed by atoms with E-state index in [0.717, 1.165) is 6.20 Å². The molecule has 0 fully saturated rings. The first-order valence-electron chi connectivity index (χ1n) is 3.36. The summed E-state index contributed by atoms with van der Waals surface area (Å²) in [6, 6.07) is 0. The van der Waals surface area contributed by atoms with E-state index >= 15 is 0 Å². The fraction of sp³-hybridized carbons (Fsp3) is 0.500. The van der Waals surface area contributed by atoms with Crippen LogP contribution in [0.4, 0.5) is 0 Å². The first kappa shape index (κ1) is 8.98. The molecule has 5 N–H and O–H groups in total. The third-order valence-corrected chi connectivity index (χ3v) is 1.50. The summed E-state index contributed by atoms with van der Waals surface area (Å²) < 4.78 is 0. The quantitative estimate of drug-likeness (QED) is 0.383. The second-order valence-electron chi connectivity index (χ2n) is 2.36. The molecule has 0 bridgehead atoms. The van der Waals surface area contributed by atoms with Crippen LogP contribution in [0.15, 0.2) is 6.20 Å². The minimum Gasteiger partial charge on any atom is -0.504 e. The zero-order valence-electron chi connectivity index (χ0n) is 6.18. The highest BCUT2D eigenvalue weighted by atomic mass is 16.4. The standard InChI is InChI=1S/C6H10N2O4/c9-2-4(11)6(12)5-3(10)1-7-8-5/h1,4,6,9-12H,2H2,(H,7,8). The predicted molar refractivity (Wildman–Crippen MR) is 38.3 cm³/mol. The second kappa shape index (κ2) is 3.53. The van der Waals surface area contributed by atoms with Crippen LogP contribution in [0.1, 0.15) is 11.8 Å². The highest BCUT2D eigenvalue weighted by Crippen LogP contribution is 2.22. The van der Waals surface area contributed by atoms with Crippen LogP contribution >= 0.6 is 0 Å². The number of aromatic amines is 1. The minimum atomic E-state index is -1.35. The number of nitrogens with one attached hydrogen (secondary N) is 1. The van der Waals surface area contributed by atoms with Gasteiger partial charge in [-0.25, -0.2) is 0 Å². The van der Waals surface area contributed by atoms with E-state index in [4.69, 9.17) is 15.3 Å². The summed E-state index contributed by atoms with van der Waals surface area (Å²) in [6.45, 7) is -0.584. The summed E-state index contributed by atoms with van der Waals surface area (Å²) in [5.41, 5.74) is -0.00319. The van der Waals surface area contributed by atoms with E-state index in [0.29, 0.717) is 0 Å². The molecule has 0 aliphatic rings. The van der Waals surface area contributed by atoms with Crippen molar-refractivity contribution in [1.82, 2.24) is 10.2 Å². The number of rotatable bonds is 3. The third-order valence-electron chi connectivity index (χ3n) is 1.50. The Morgan fingerprint density at radius 3 is 2.58 bits per heavy atom. The van der Waals surface area contributed by atoms with Crippen LogP contribution in [0, 0.1) is 0 Å². The maximum absolute atomic E-state index is 9.22. The molecule has 1 rings (SSSR count). The van der Waals surface area contributed by atoms with Crippen LogP contribution in [0.2, 0.25) is 0 Å². The molecule has 6 nitrogen and oxygen atoms in total. The van der Waals surface area contributed by atoms with Crippen molar-refractivity contribution in [1.29, 1.82) is 0 Å². The van der Waals surface area contributed by atoms with Crippen molar-refractivity contribution < 1.29 is 20.4 Å². The van der Waals surface area contributed by atoms with E-state index in [1.807, 2.05) is 0 Å². The van der Waals surface area contributed by atoms with Gasteiger partial charge in [0, 0.05) is 0 Å². The van der Waals surface area contributed by atoms with Crippen LogP contribution in [-0.2, 0) is 0 Å². The van der Waals surface area contributed by atoms with E-state index < -0.39 is 18.8 Å². The van der Waals surface area contributed by atoms with Gasteiger partial charge in [0.2, 0.25) is 0 Å². The number of aliphatic hydroxyl groups excluding tert-OH is 3. The molecular formula is C6H10N2O4. The number of aromatic hydroxyl groups is 1.